The average Bonchev–Trinajstić information content (AvgIpc) is 3.40. The number of benzene rings is 1. The summed E-state index contributed by atoms with van der Waals surface area (Å²) in [5.74, 6) is 0.931. The number of hydrogen-bond donors (Lipinski definition) is 3. The first-order valence-electron chi connectivity index (χ1n) is 13.4. The van der Waals surface area contributed by atoms with Gasteiger partial charge in [-0.2, -0.15) is 9.57 Å². The molecule has 0 radical (unpaired) electrons. The predicted molar refractivity (Wildman–Crippen MR) is 150 cm³/mol. The molecule has 0 atom stereocenters. The van der Waals surface area contributed by atoms with Crippen LogP contribution in [0.5, 0.6) is 5.75 Å². The fourth-order valence-electron chi connectivity index (χ4n) is 5.30. The number of hydrogen-bond acceptors (Lipinski definition) is 9. The van der Waals surface area contributed by atoms with Crippen LogP contribution in [0.2, 0.25) is 0 Å². The molecule has 1 aromatic carbocycles. The van der Waals surface area contributed by atoms with E-state index in [4.69, 9.17) is 9.47 Å². The smallest absolute Gasteiger partial charge is 0.243 e. The van der Waals surface area contributed by atoms with E-state index in [2.05, 4.69) is 38.5 Å². The second kappa shape index (κ2) is 11.8. The minimum atomic E-state index is -3.66. The normalized spacial score (nSPS) is 17.7. The molecule has 3 aromatic rings. The number of rotatable bonds is 9. The van der Waals surface area contributed by atoms with Gasteiger partial charge in [-0.25, -0.2) is 13.4 Å². The van der Waals surface area contributed by atoms with Gasteiger partial charge in [0.25, 0.3) is 0 Å². The molecule has 2 aliphatic heterocycles. The lowest BCUT2D eigenvalue weighted by Crippen LogP contribution is -2.50. The highest BCUT2D eigenvalue weighted by Gasteiger charge is 2.32. The Morgan fingerprint density at radius 2 is 1.95 bits per heavy atom. The van der Waals surface area contributed by atoms with Crippen LogP contribution in [0.15, 0.2) is 35.4 Å². The number of pyridine rings is 1. The molecule has 2 saturated heterocycles. The molecule has 0 saturated carbocycles. The molecule has 12 heteroatoms. The van der Waals surface area contributed by atoms with Gasteiger partial charge in [0.15, 0.2) is 0 Å². The van der Waals surface area contributed by atoms with E-state index in [0.29, 0.717) is 47.6 Å². The summed E-state index contributed by atoms with van der Waals surface area (Å²) in [4.78, 5) is 10.3. The third-order valence-corrected chi connectivity index (χ3v) is 9.28. The number of nitriles is 1. The monoisotopic (exact) mass is 553 g/mol. The molecule has 2 aliphatic rings. The van der Waals surface area contributed by atoms with Gasteiger partial charge in [-0.3, -0.25) is 4.90 Å². The van der Waals surface area contributed by atoms with Gasteiger partial charge in [0.2, 0.25) is 10.0 Å². The molecule has 4 heterocycles. The summed E-state index contributed by atoms with van der Waals surface area (Å²) in [6, 6.07) is 9.30. The first-order valence-corrected chi connectivity index (χ1v) is 14.8. The molecular weight excluding hydrogens is 518 g/mol. The lowest BCUT2D eigenvalue weighted by Gasteiger charge is -2.39. The summed E-state index contributed by atoms with van der Waals surface area (Å²) in [6.07, 6.45) is 4.19. The highest BCUT2D eigenvalue weighted by Crippen LogP contribution is 2.34. The standard InChI is InChI=1S/C27H35N7O4S/c1-3-8-29-23-16-25(32-27-26(23)19(17-28)18-30-27)31-22-5-4-21(15-24(22)37-2)39(35,36)34-9-6-20(7-10-34)33-11-13-38-14-12-33/h4-5,15-16,18,20H,3,6-14H2,1-2H3,(H3,29,30,31,32). The van der Waals surface area contributed by atoms with Crippen LogP contribution < -0.4 is 15.4 Å². The zero-order valence-electron chi connectivity index (χ0n) is 22.4. The van der Waals surface area contributed by atoms with Crippen molar-refractivity contribution in [3.8, 4) is 11.8 Å². The quantitative estimate of drug-likeness (QED) is 0.364. The highest BCUT2D eigenvalue weighted by atomic mass is 32.2. The van der Waals surface area contributed by atoms with Crippen molar-refractivity contribution < 1.29 is 17.9 Å². The topological polar surface area (TPSA) is 136 Å². The summed E-state index contributed by atoms with van der Waals surface area (Å²) in [6.45, 7) is 7.09. The number of fused-ring (bicyclic) bond motifs is 1. The van der Waals surface area contributed by atoms with Gasteiger partial charge in [-0.05, 0) is 31.4 Å². The molecule has 0 amide bonds. The summed E-state index contributed by atoms with van der Waals surface area (Å²) < 4.78 is 39.6. The van der Waals surface area contributed by atoms with E-state index < -0.39 is 10.0 Å². The van der Waals surface area contributed by atoms with Crippen molar-refractivity contribution in [1.29, 1.82) is 5.26 Å². The van der Waals surface area contributed by atoms with Crippen LogP contribution in [0.4, 0.5) is 17.2 Å². The minimum Gasteiger partial charge on any atom is -0.495 e. The van der Waals surface area contributed by atoms with Gasteiger partial charge >= 0.3 is 0 Å². The molecule has 0 bridgehead atoms. The Morgan fingerprint density at radius 3 is 2.64 bits per heavy atom. The number of nitrogens with one attached hydrogen (secondary N) is 3. The van der Waals surface area contributed by atoms with Crippen molar-refractivity contribution in [2.45, 2.75) is 37.1 Å². The van der Waals surface area contributed by atoms with Crippen LogP contribution in [-0.2, 0) is 14.8 Å². The van der Waals surface area contributed by atoms with Gasteiger partial charge < -0.3 is 25.1 Å². The molecular formula is C27H35N7O4S. The van der Waals surface area contributed by atoms with Gasteiger partial charge in [-0.15, -0.1) is 0 Å². The van der Waals surface area contributed by atoms with E-state index in [1.54, 1.807) is 28.7 Å². The second-order valence-corrected chi connectivity index (χ2v) is 11.7. The van der Waals surface area contributed by atoms with Gasteiger partial charge in [-0.1, -0.05) is 6.92 Å². The molecule has 11 nitrogen and oxygen atoms in total. The number of H-pyrrole nitrogens is 1. The number of morpholine rings is 1. The molecule has 39 heavy (non-hydrogen) atoms. The number of anilines is 3. The van der Waals surface area contributed by atoms with Crippen molar-refractivity contribution in [2.75, 3.05) is 63.7 Å². The summed E-state index contributed by atoms with van der Waals surface area (Å²) in [5.41, 5.74) is 2.47. The largest absolute Gasteiger partial charge is 0.495 e. The number of sulfonamides is 1. The van der Waals surface area contributed by atoms with Gasteiger partial charge in [0.1, 0.15) is 23.3 Å². The third kappa shape index (κ3) is 5.67. The molecule has 5 rings (SSSR count). The van der Waals surface area contributed by atoms with Crippen LogP contribution in [0.3, 0.4) is 0 Å². The van der Waals surface area contributed by atoms with E-state index in [9.17, 15) is 13.7 Å². The lowest BCUT2D eigenvalue weighted by atomic mass is 10.0. The fourth-order valence-corrected chi connectivity index (χ4v) is 6.78. The Hall–Kier alpha value is -3.37. The van der Waals surface area contributed by atoms with Gasteiger partial charge in [0.05, 0.1) is 47.5 Å². The van der Waals surface area contributed by atoms with Crippen LogP contribution in [0, 0.1) is 11.3 Å². The number of ether oxygens (including phenoxy) is 2. The zero-order chi connectivity index (χ0) is 27.4. The Bertz CT molecular complexity index is 1450. The Morgan fingerprint density at radius 1 is 1.18 bits per heavy atom. The molecule has 0 spiro atoms. The van der Waals surface area contributed by atoms with Crippen molar-refractivity contribution >= 4 is 38.2 Å². The molecule has 2 fully saturated rings. The van der Waals surface area contributed by atoms with Crippen molar-refractivity contribution in [2.24, 2.45) is 0 Å². The second-order valence-electron chi connectivity index (χ2n) is 9.79. The summed E-state index contributed by atoms with van der Waals surface area (Å²) in [5, 5.41) is 16.8. The number of piperidine rings is 1. The number of aromatic nitrogens is 2. The van der Waals surface area contributed by atoms with Crippen LogP contribution >= 0.6 is 0 Å². The first kappa shape index (κ1) is 27.2. The average molecular weight is 554 g/mol. The summed E-state index contributed by atoms with van der Waals surface area (Å²) >= 11 is 0. The maximum atomic E-state index is 13.5. The van der Waals surface area contributed by atoms with Crippen LogP contribution in [0.25, 0.3) is 11.0 Å². The van der Waals surface area contributed by atoms with Gasteiger partial charge in [0, 0.05) is 57.1 Å². The molecule has 0 unspecified atom stereocenters. The molecule has 3 N–H and O–H groups in total. The Labute approximate surface area is 229 Å². The van der Waals surface area contributed by atoms with Crippen LogP contribution in [0.1, 0.15) is 31.7 Å². The van der Waals surface area contributed by atoms with Crippen molar-refractivity contribution in [3.05, 3.63) is 36.0 Å². The SMILES string of the molecule is CCCNc1cc(Nc2ccc(S(=O)(=O)N3CCC(N4CCOCC4)CC3)cc2OC)nc2[nH]cc(C#N)c12. The summed E-state index contributed by atoms with van der Waals surface area (Å²) in [7, 11) is -2.15. The number of aromatic amines is 1. The third-order valence-electron chi connectivity index (χ3n) is 7.39. The maximum absolute atomic E-state index is 13.5. The molecule has 0 aliphatic carbocycles. The minimum absolute atomic E-state index is 0.200. The molecule has 208 valence electrons. The van der Waals surface area contributed by atoms with E-state index in [0.717, 1.165) is 63.2 Å². The van der Waals surface area contributed by atoms with Crippen molar-refractivity contribution in [3.63, 3.8) is 0 Å². The van der Waals surface area contributed by atoms with Crippen LogP contribution in [-0.4, -0.2) is 86.7 Å². The number of nitrogens with zero attached hydrogens (tertiary/aromatic N) is 4. The first-order chi connectivity index (χ1) is 18.9. The van der Waals surface area contributed by atoms with E-state index in [1.807, 2.05) is 6.07 Å². The van der Waals surface area contributed by atoms with E-state index >= 15 is 0 Å². The number of methoxy groups -OCH3 is 1. The van der Waals surface area contributed by atoms with E-state index in [1.165, 1.54) is 7.11 Å². The Kier molecular flexibility index (Phi) is 8.23. The zero-order valence-corrected chi connectivity index (χ0v) is 23.2. The highest BCUT2D eigenvalue weighted by molar-refractivity contribution is 7.89. The van der Waals surface area contributed by atoms with Crippen molar-refractivity contribution in [1.82, 2.24) is 19.2 Å². The lowest BCUT2D eigenvalue weighted by molar-refractivity contribution is 0.00610. The molecule has 2 aromatic heterocycles. The Balaban J connectivity index is 1.34. The fraction of sp³-hybridized carbons (Fsp3) is 0.481. The van der Waals surface area contributed by atoms with E-state index in [-0.39, 0.29) is 4.90 Å². The maximum Gasteiger partial charge on any atom is 0.243 e. The predicted octanol–water partition coefficient (Wildman–Crippen LogP) is 3.49.